The number of piperidine rings is 1. The Hall–Kier alpha value is -0.570. The number of rotatable bonds is 1. The van der Waals surface area contributed by atoms with E-state index in [1.807, 2.05) is 4.90 Å². The van der Waals surface area contributed by atoms with E-state index in [2.05, 4.69) is 0 Å². The van der Waals surface area contributed by atoms with E-state index in [4.69, 9.17) is 4.74 Å². The van der Waals surface area contributed by atoms with Gasteiger partial charge in [-0.3, -0.25) is 4.79 Å². The summed E-state index contributed by atoms with van der Waals surface area (Å²) in [5.74, 6) is 0.223. The quantitative estimate of drug-likeness (QED) is 0.580. The van der Waals surface area contributed by atoms with Gasteiger partial charge in [0.05, 0.1) is 6.61 Å². The first-order valence-corrected chi connectivity index (χ1v) is 4.78. The number of ether oxygens (including phenoxy) is 1. The predicted molar refractivity (Wildman–Crippen MR) is 44.8 cm³/mol. The minimum atomic E-state index is -0.0944. The van der Waals surface area contributed by atoms with Crippen molar-refractivity contribution in [1.82, 2.24) is 4.90 Å². The van der Waals surface area contributed by atoms with Gasteiger partial charge in [-0.15, -0.1) is 0 Å². The fourth-order valence-corrected chi connectivity index (χ4v) is 1.75. The van der Waals surface area contributed by atoms with Gasteiger partial charge in [0.25, 0.3) is 5.91 Å². The first-order chi connectivity index (χ1) is 5.88. The molecule has 0 saturated carbocycles. The van der Waals surface area contributed by atoms with Crippen LogP contribution in [0.5, 0.6) is 0 Å². The molecule has 0 bridgehead atoms. The molecule has 2 aliphatic rings. The van der Waals surface area contributed by atoms with Crippen LogP contribution in [-0.4, -0.2) is 36.6 Å². The molecule has 12 heavy (non-hydrogen) atoms. The first-order valence-electron chi connectivity index (χ1n) is 4.78. The molecular weight excluding hydrogens is 154 g/mol. The number of carbonyl (C=O) groups excluding carboxylic acids is 1. The zero-order valence-corrected chi connectivity index (χ0v) is 7.29. The molecule has 3 heteroatoms. The van der Waals surface area contributed by atoms with E-state index in [0.29, 0.717) is 0 Å². The zero-order chi connectivity index (χ0) is 8.39. The maximum Gasteiger partial charge on any atom is 0.251 e. The summed E-state index contributed by atoms with van der Waals surface area (Å²) in [6.07, 6.45) is 4.43. The van der Waals surface area contributed by atoms with Crippen LogP contribution >= 0.6 is 0 Å². The Morgan fingerprint density at radius 3 is 2.42 bits per heavy atom. The monoisotopic (exact) mass is 169 g/mol. The molecular formula is C9H15NO2. The lowest BCUT2D eigenvalue weighted by atomic mass is 10.1. The Morgan fingerprint density at radius 2 is 1.92 bits per heavy atom. The molecule has 2 fully saturated rings. The molecule has 0 unspecified atom stereocenters. The van der Waals surface area contributed by atoms with E-state index in [1.54, 1.807) is 0 Å². The van der Waals surface area contributed by atoms with Crippen LogP contribution in [0.15, 0.2) is 0 Å². The highest BCUT2D eigenvalue weighted by Crippen LogP contribution is 2.17. The number of nitrogens with zero attached hydrogens (tertiary/aromatic N) is 1. The molecule has 68 valence electrons. The molecule has 2 heterocycles. The Labute approximate surface area is 72.7 Å². The molecule has 0 aromatic carbocycles. The molecule has 1 atom stereocenters. The van der Waals surface area contributed by atoms with Crippen LogP contribution in [0.3, 0.4) is 0 Å². The van der Waals surface area contributed by atoms with E-state index in [-0.39, 0.29) is 12.0 Å². The fourth-order valence-electron chi connectivity index (χ4n) is 1.75. The smallest absolute Gasteiger partial charge is 0.251 e. The third-order valence-electron chi connectivity index (χ3n) is 2.64. The summed E-state index contributed by atoms with van der Waals surface area (Å²) in [5.41, 5.74) is 0. The average Bonchev–Trinajstić information content (AvgIpc) is 2.03. The highest BCUT2D eigenvalue weighted by atomic mass is 16.5. The zero-order valence-electron chi connectivity index (χ0n) is 7.29. The molecule has 2 rings (SSSR count). The third-order valence-corrected chi connectivity index (χ3v) is 2.64. The molecule has 0 radical (unpaired) electrons. The predicted octanol–water partition coefficient (Wildman–Crippen LogP) is 0.788. The largest absolute Gasteiger partial charge is 0.368 e. The highest BCUT2D eigenvalue weighted by molar-refractivity contribution is 5.81. The normalized spacial score (nSPS) is 29.7. The van der Waals surface area contributed by atoms with Crippen molar-refractivity contribution in [3.63, 3.8) is 0 Å². The molecule has 0 aromatic rings. The first kappa shape index (κ1) is 8.05. The van der Waals surface area contributed by atoms with Gasteiger partial charge in [0.15, 0.2) is 0 Å². The summed E-state index contributed by atoms with van der Waals surface area (Å²) in [6, 6.07) is 0. The van der Waals surface area contributed by atoms with Gasteiger partial charge >= 0.3 is 0 Å². The summed E-state index contributed by atoms with van der Waals surface area (Å²) in [4.78, 5) is 13.5. The lowest BCUT2D eigenvalue weighted by molar-refractivity contribution is -0.157. The molecule has 0 aromatic heterocycles. The Kier molecular flexibility index (Phi) is 2.30. The van der Waals surface area contributed by atoms with Gasteiger partial charge in [0.2, 0.25) is 0 Å². The molecule has 0 N–H and O–H groups in total. The SMILES string of the molecule is O=C([C@H]1CCO1)N1CCCCC1. The van der Waals surface area contributed by atoms with Crippen LogP contribution in [0.4, 0.5) is 0 Å². The van der Waals surface area contributed by atoms with Crippen molar-refractivity contribution in [2.75, 3.05) is 19.7 Å². The minimum Gasteiger partial charge on any atom is -0.368 e. The van der Waals surface area contributed by atoms with Crippen LogP contribution in [0.1, 0.15) is 25.7 Å². The van der Waals surface area contributed by atoms with Gasteiger partial charge in [0.1, 0.15) is 6.10 Å². The van der Waals surface area contributed by atoms with E-state index in [0.717, 1.165) is 26.1 Å². The van der Waals surface area contributed by atoms with Crippen molar-refractivity contribution in [3.05, 3.63) is 0 Å². The topological polar surface area (TPSA) is 29.5 Å². The summed E-state index contributed by atoms with van der Waals surface area (Å²) < 4.78 is 5.15. The van der Waals surface area contributed by atoms with Gasteiger partial charge in [-0.1, -0.05) is 0 Å². The van der Waals surface area contributed by atoms with Gasteiger partial charge in [-0.2, -0.15) is 0 Å². The van der Waals surface area contributed by atoms with Crippen molar-refractivity contribution in [2.45, 2.75) is 31.8 Å². The maximum atomic E-state index is 11.6. The summed E-state index contributed by atoms with van der Waals surface area (Å²) in [5, 5.41) is 0. The number of carbonyl (C=O) groups is 1. The van der Waals surface area contributed by atoms with Gasteiger partial charge < -0.3 is 9.64 Å². The van der Waals surface area contributed by atoms with E-state index in [1.165, 1.54) is 19.3 Å². The second kappa shape index (κ2) is 3.44. The lowest BCUT2D eigenvalue weighted by Crippen LogP contribution is -2.47. The maximum absolute atomic E-state index is 11.6. The number of hydrogen-bond donors (Lipinski definition) is 0. The van der Waals surface area contributed by atoms with Crippen LogP contribution in [0.2, 0.25) is 0 Å². The molecule has 2 saturated heterocycles. The summed E-state index contributed by atoms with van der Waals surface area (Å²) >= 11 is 0. The van der Waals surface area contributed by atoms with Crippen molar-refractivity contribution >= 4 is 5.91 Å². The van der Waals surface area contributed by atoms with Gasteiger partial charge in [0, 0.05) is 19.5 Å². The Balaban J connectivity index is 1.84. The average molecular weight is 169 g/mol. The highest BCUT2D eigenvalue weighted by Gasteiger charge is 2.30. The lowest BCUT2D eigenvalue weighted by Gasteiger charge is -2.33. The van der Waals surface area contributed by atoms with Crippen molar-refractivity contribution in [3.8, 4) is 0 Å². The Morgan fingerprint density at radius 1 is 1.25 bits per heavy atom. The summed E-state index contributed by atoms with van der Waals surface area (Å²) in [7, 11) is 0. The molecule has 1 amide bonds. The van der Waals surface area contributed by atoms with Crippen molar-refractivity contribution in [2.24, 2.45) is 0 Å². The van der Waals surface area contributed by atoms with Crippen LogP contribution in [0.25, 0.3) is 0 Å². The van der Waals surface area contributed by atoms with Crippen LogP contribution in [0, 0.1) is 0 Å². The molecule has 0 aliphatic carbocycles. The Bertz CT molecular complexity index is 171. The summed E-state index contributed by atoms with van der Waals surface area (Å²) in [6.45, 7) is 2.65. The second-order valence-electron chi connectivity index (χ2n) is 3.53. The minimum absolute atomic E-state index is 0.0944. The molecule has 0 spiro atoms. The van der Waals surface area contributed by atoms with Gasteiger partial charge in [-0.25, -0.2) is 0 Å². The van der Waals surface area contributed by atoms with Crippen LogP contribution in [-0.2, 0) is 9.53 Å². The molecule has 2 aliphatic heterocycles. The van der Waals surface area contributed by atoms with Crippen LogP contribution < -0.4 is 0 Å². The van der Waals surface area contributed by atoms with Crippen molar-refractivity contribution < 1.29 is 9.53 Å². The number of hydrogen-bond acceptors (Lipinski definition) is 2. The van der Waals surface area contributed by atoms with E-state index < -0.39 is 0 Å². The van der Waals surface area contributed by atoms with Crippen molar-refractivity contribution in [1.29, 1.82) is 0 Å². The van der Waals surface area contributed by atoms with Gasteiger partial charge in [-0.05, 0) is 19.3 Å². The number of amides is 1. The second-order valence-corrected chi connectivity index (χ2v) is 3.53. The fraction of sp³-hybridized carbons (Fsp3) is 0.889. The van der Waals surface area contributed by atoms with E-state index >= 15 is 0 Å². The third kappa shape index (κ3) is 1.46. The standard InChI is InChI=1S/C9H15NO2/c11-9(8-4-7-12-8)10-5-2-1-3-6-10/h8H,1-7H2/t8-/m1/s1. The number of likely N-dealkylation sites (tertiary alicyclic amines) is 1. The molecule has 3 nitrogen and oxygen atoms in total. The van der Waals surface area contributed by atoms with E-state index in [9.17, 15) is 4.79 Å².